The Hall–Kier alpha value is -0.970. The van der Waals surface area contributed by atoms with Crippen molar-refractivity contribution in [2.75, 3.05) is 30.8 Å². The number of anilines is 2. The highest BCUT2D eigenvalue weighted by molar-refractivity contribution is 7.11. The average molecular weight is 241 g/mol. The van der Waals surface area contributed by atoms with E-state index in [1.807, 2.05) is 0 Å². The molecule has 16 heavy (non-hydrogen) atoms. The molecule has 2 unspecified atom stereocenters. The van der Waals surface area contributed by atoms with E-state index in [0.717, 1.165) is 35.7 Å². The summed E-state index contributed by atoms with van der Waals surface area (Å²) in [4.78, 5) is 2.35. The molecule has 0 bridgehead atoms. The Morgan fingerprint density at radius 2 is 2.00 bits per heavy atom. The van der Waals surface area contributed by atoms with Gasteiger partial charge in [0, 0.05) is 13.1 Å². The van der Waals surface area contributed by atoms with Crippen LogP contribution in [0.2, 0.25) is 0 Å². The molecule has 0 spiro atoms. The van der Waals surface area contributed by atoms with Crippen LogP contribution in [0.25, 0.3) is 0 Å². The molecular weight excluding hydrogens is 222 g/mol. The lowest BCUT2D eigenvalue weighted by molar-refractivity contribution is 0.353. The fourth-order valence-electron chi connectivity index (χ4n) is 2.51. The topological polar surface area (TPSA) is 51.4 Å². The number of piperidine rings is 1. The molecular formula is C11H19N3OS. The first kappa shape index (κ1) is 11.5. The Kier molecular flexibility index (Phi) is 3.23. The summed E-state index contributed by atoms with van der Waals surface area (Å²) in [5.74, 6) is 2.69. The first-order chi connectivity index (χ1) is 7.61. The highest BCUT2D eigenvalue weighted by atomic mass is 32.1. The van der Waals surface area contributed by atoms with E-state index in [2.05, 4.69) is 23.1 Å². The molecule has 0 aromatic carbocycles. The number of methoxy groups -OCH3 is 1. The zero-order valence-corrected chi connectivity index (χ0v) is 10.9. The largest absolute Gasteiger partial charge is 0.490 e. The van der Waals surface area contributed by atoms with E-state index in [4.69, 9.17) is 10.5 Å². The minimum Gasteiger partial charge on any atom is -0.490 e. The lowest BCUT2D eigenvalue weighted by atomic mass is 9.92. The van der Waals surface area contributed by atoms with Gasteiger partial charge in [0.05, 0.1) is 7.11 Å². The molecule has 4 nitrogen and oxygen atoms in total. The molecule has 90 valence electrons. The number of ether oxygens (including phenoxy) is 1. The molecule has 2 N–H and O–H groups in total. The van der Waals surface area contributed by atoms with Crippen LogP contribution in [0, 0.1) is 11.8 Å². The smallest absolute Gasteiger partial charge is 0.197 e. The second-order valence-electron chi connectivity index (χ2n) is 4.76. The van der Waals surface area contributed by atoms with Crippen LogP contribution >= 0.6 is 11.5 Å². The van der Waals surface area contributed by atoms with Crippen molar-refractivity contribution in [1.29, 1.82) is 0 Å². The molecule has 1 aliphatic rings. The third-order valence-electron chi connectivity index (χ3n) is 3.02. The monoisotopic (exact) mass is 241 g/mol. The van der Waals surface area contributed by atoms with Crippen LogP contribution in [-0.2, 0) is 0 Å². The summed E-state index contributed by atoms with van der Waals surface area (Å²) in [6, 6.07) is 0. The van der Waals surface area contributed by atoms with Gasteiger partial charge in [0.15, 0.2) is 16.6 Å². The van der Waals surface area contributed by atoms with Gasteiger partial charge in [-0.15, -0.1) is 0 Å². The second-order valence-corrected chi connectivity index (χ2v) is 5.51. The number of nitrogen functional groups attached to an aromatic ring is 1. The van der Waals surface area contributed by atoms with Crippen molar-refractivity contribution in [3.63, 3.8) is 0 Å². The summed E-state index contributed by atoms with van der Waals surface area (Å²) < 4.78 is 9.49. The van der Waals surface area contributed by atoms with E-state index in [1.165, 1.54) is 18.0 Å². The summed E-state index contributed by atoms with van der Waals surface area (Å²) in [5, 5.41) is 1.08. The Labute approximate surface area is 101 Å². The van der Waals surface area contributed by atoms with Gasteiger partial charge in [-0.3, -0.25) is 0 Å². The maximum atomic E-state index is 5.78. The zero-order chi connectivity index (χ0) is 11.7. The van der Waals surface area contributed by atoms with Crippen molar-refractivity contribution in [3.05, 3.63) is 0 Å². The van der Waals surface area contributed by atoms with Crippen LogP contribution in [0.1, 0.15) is 20.3 Å². The highest BCUT2D eigenvalue weighted by Gasteiger charge is 2.26. The molecule has 1 saturated heterocycles. The standard InChI is InChI=1S/C11H19N3OS/c1-7-4-8(2)6-14(5-7)11-9(15-3)10(12)13-16-11/h7-8H,4-6H2,1-3H3,(H2,12,13). The maximum Gasteiger partial charge on any atom is 0.197 e. The van der Waals surface area contributed by atoms with Crippen molar-refractivity contribution >= 4 is 22.4 Å². The number of hydrogen-bond donors (Lipinski definition) is 1. The van der Waals surface area contributed by atoms with Crippen molar-refractivity contribution in [3.8, 4) is 5.75 Å². The van der Waals surface area contributed by atoms with Gasteiger partial charge in [-0.25, -0.2) is 0 Å². The average Bonchev–Trinajstić information content (AvgIpc) is 2.58. The van der Waals surface area contributed by atoms with Gasteiger partial charge < -0.3 is 15.4 Å². The fourth-order valence-corrected chi connectivity index (χ4v) is 3.31. The van der Waals surface area contributed by atoms with Crippen molar-refractivity contribution in [2.45, 2.75) is 20.3 Å². The van der Waals surface area contributed by atoms with Gasteiger partial charge in [0.25, 0.3) is 0 Å². The van der Waals surface area contributed by atoms with E-state index in [-0.39, 0.29) is 0 Å². The Bertz CT molecular complexity index is 356. The SMILES string of the molecule is COc1c(N)nsc1N1CC(C)CC(C)C1. The third kappa shape index (κ3) is 2.09. The van der Waals surface area contributed by atoms with Gasteiger partial charge in [0.1, 0.15) is 0 Å². The van der Waals surface area contributed by atoms with Crippen molar-refractivity contribution in [1.82, 2.24) is 4.37 Å². The van der Waals surface area contributed by atoms with Gasteiger partial charge in [-0.1, -0.05) is 13.8 Å². The summed E-state index contributed by atoms with van der Waals surface area (Å²) >= 11 is 1.44. The van der Waals surface area contributed by atoms with E-state index in [9.17, 15) is 0 Å². The van der Waals surface area contributed by atoms with Gasteiger partial charge in [0.2, 0.25) is 0 Å². The molecule has 1 aromatic rings. The molecule has 0 radical (unpaired) electrons. The van der Waals surface area contributed by atoms with Crippen LogP contribution < -0.4 is 15.4 Å². The molecule has 2 rings (SSSR count). The van der Waals surface area contributed by atoms with Crippen LogP contribution in [-0.4, -0.2) is 24.6 Å². The number of hydrogen-bond acceptors (Lipinski definition) is 5. The van der Waals surface area contributed by atoms with E-state index >= 15 is 0 Å². The Balaban J connectivity index is 2.22. The molecule has 1 aliphatic heterocycles. The Morgan fingerprint density at radius 3 is 2.56 bits per heavy atom. The molecule has 1 fully saturated rings. The first-order valence-electron chi connectivity index (χ1n) is 5.66. The summed E-state index contributed by atoms with van der Waals surface area (Å²) in [6.07, 6.45) is 1.30. The normalized spacial score (nSPS) is 25.8. The number of nitrogens with two attached hydrogens (primary N) is 1. The molecule has 0 saturated carbocycles. The van der Waals surface area contributed by atoms with Crippen LogP contribution in [0.4, 0.5) is 10.8 Å². The molecule has 2 atom stereocenters. The van der Waals surface area contributed by atoms with Gasteiger partial charge in [-0.2, -0.15) is 4.37 Å². The zero-order valence-electron chi connectivity index (χ0n) is 10.1. The molecule has 0 amide bonds. The summed E-state index contributed by atoms with van der Waals surface area (Å²) in [7, 11) is 1.65. The molecule has 1 aromatic heterocycles. The quantitative estimate of drug-likeness (QED) is 0.862. The van der Waals surface area contributed by atoms with E-state index < -0.39 is 0 Å². The fraction of sp³-hybridized carbons (Fsp3) is 0.727. The predicted octanol–water partition coefficient (Wildman–Crippen LogP) is 2.22. The summed E-state index contributed by atoms with van der Waals surface area (Å²) in [6.45, 7) is 6.73. The number of rotatable bonds is 2. The lowest BCUT2D eigenvalue weighted by Crippen LogP contribution is -2.38. The second kappa shape index (κ2) is 4.49. The van der Waals surface area contributed by atoms with Gasteiger partial charge in [-0.05, 0) is 29.8 Å². The van der Waals surface area contributed by atoms with Crippen molar-refractivity contribution < 1.29 is 4.74 Å². The minimum atomic E-state index is 0.508. The first-order valence-corrected chi connectivity index (χ1v) is 6.43. The maximum absolute atomic E-state index is 5.78. The predicted molar refractivity (Wildman–Crippen MR) is 68.2 cm³/mol. The van der Waals surface area contributed by atoms with Crippen LogP contribution in [0.5, 0.6) is 5.75 Å². The van der Waals surface area contributed by atoms with E-state index in [0.29, 0.717) is 5.82 Å². The third-order valence-corrected chi connectivity index (χ3v) is 3.92. The Morgan fingerprint density at radius 1 is 1.38 bits per heavy atom. The molecule has 2 heterocycles. The number of nitrogens with zero attached hydrogens (tertiary/aromatic N) is 2. The number of aromatic nitrogens is 1. The van der Waals surface area contributed by atoms with Crippen LogP contribution in [0.15, 0.2) is 0 Å². The lowest BCUT2D eigenvalue weighted by Gasteiger charge is -2.35. The molecule has 0 aliphatic carbocycles. The van der Waals surface area contributed by atoms with Gasteiger partial charge >= 0.3 is 0 Å². The minimum absolute atomic E-state index is 0.508. The van der Waals surface area contributed by atoms with Crippen LogP contribution in [0.3, 0.4) is 0 Å². The van der Waals surface area contributed by atoms with Crippen molar-refractivity contribution in [2.24, 2.45) is 11.8 Å². The van der Waals surface area contributed by atoms with E-state index in [1.54, 1.807) is 7.11 Å². The highest BCUT2D eigenvalue weighted by Crippen LogP contribution is 2.40. The summed E-state index contributed by atoms with van der Waals surface area (Å²) in [5.41, 5.74) is 5.78. The molecule has 5 heteroatoms.